The highest BCUT2D eigenvalue weighted by Crippen LogP contribution is 2.56. The number of hydrogen-bond donors (Lipinski definition) is 0. The lowest BCUT2D eigenvalue weighted by Gasteiger charge is -2.53. The van der Waals surface area contributed by atoms with E-state index >= 15 is 0 Å². The largest absolute Gasteiger partial charge is 0.343 e. The van der Waals surface area contributed by atoms with Crippen LogP contribution >= 0.6 is 0 Å². The van der Waals surface area contributed by atoms with Crippen LogP contribution in [0, 0.1) is 5.41 Å². The summed E-state index contributed by atoms with van der Waals surface area (Å²) in [6.07, 6.45) is 8.27. The average molecular weight is 408 g/mol. The van der Waals surface area contributed by atoms with E-state index in [0.29, 0.717) is 18.8 Å². The van der Waals surface area contributed by atoms with Gasteiger partial charge < -0.3 is 9.47 Å². The van der Waals surface area contributed by atoms with Crippen molar-refractivity contribution in [2.24, 2.45) is 12.5 Å². The zero-order chi connectivity index (χ0) is 20.1. The van der Waals surface area contributed by atoms with Crippen LogP contribution < -0.4 is 0 Å². The van der Waals surface area contributed by atoms with Gasteiger partial charge in [-0.05, 0) is 31.1 Å². The number of hydrogen-bond acceptors (Lipinski definition) is 6. The molecule has 2 aromatic heterocycles. The molecule has 1 spiro atoms. The molecule has 2 fully saturated rings. The van der Waals surface area contributed by atoms with Gasteiger partial charge in [0.1, 0.15) is 0 Å². The van der Waals surface area contributed by atoms with E-state index in [1.54, 1.807) is 36.6 Å². The Morgan fingerprint density at radius 3 is 2.46 bits per heavy atom. The molecule has 1 atom stereocenters. The molecule has 11 heteroatoms. The first-order valence-corrected chi connectivity index (χ1v) is 10.8. The molecule has 4 rings (SSSR count). The number of imidazole rings is 1. The van der Waals surface area contributed by atoms with Gasteiger partial charge in [0.2, 0.25) is 0 Å². The maximum absolute atomic E-state index is 12.8. The van der Waals surface area contributed by atoms with Gasteiger partial charge in [-0.15, -0.1) is 5.10 Å². The molecule has 1 amide bonds. The fourth-order valence-corrected chi connectivity index (χ4v) is 5.67. The highest BCUT2D eigenvalue weighted by atomic mass is 32.2. The number of nitrogens with zero attached hydrogens (tertiary/aromatic N) is 7. The van der Waals surface area contributed by atoms with Crippen molar-refractivity contribution in [1.82, 2.24) is 33.8 Å². The molecule has 2 aliphatic rings. The minimum absolute atomic E-state index is 0.0161. The predicted octanol–water partition coefficient (Wildman–Crippen LogP) is 0.519. The molecule has 0 bridgehead atoms. The second-order valence-electron chi connectivity index (χ2n) is 7.98. The highest BCUT2D eigenvalue weighted by molar-refractivity contribution is 7.89. The fraction of sp³-hybridized carbons (Fsp3) is 0.647. The Morgan fingerprint density at radius 1 is 1.21 bits per heavy atom. The fourth-order valence-electron chi connectivity index (χ4n) is 4.26. The SMILES string of the molecule is CN(C)C(=O)c1cn(C2CCC23CCN(S(=O)(=O)c2cn(C)cn2)CC3)nn1. The van der Waals surface area contributed by atoms with Gasteiger partial charge >= 0.3 is 0 Å². The maximum Gasteiger partial charge on any atom is 0.275 e. The minimum Gasteiger partial charge on any atom is -0.343 e. The lowest BCUT2D eigenvalue weighted by molar-refractivity contribution is -0.0160. The Morgan fingerprint density at radius 2 is 1.93 bits per heavy atom. The third-order valence-electron chi connectivity index (χ3n) is 6.08. The summed E-state index contributed by atoms with van der Waals surface area (Å²) in [5, 5.41) is 8.30. The monoisotopic (exact) mass is 407 g/mol. The highest BCUT2D eigenvalue weighted by Gasteiger charge is 2.51. The van der Waals surface area contributed by atoms with E-state index in [-0.39, 0.29) is 22.4 Å². The quantitative estimate of drug-likeness (QED) is 0.731. The Hall–Kier alpha value is -2.27. The number of carbonyl (C=O) groups is 1. The molecule has 0 N–H and O–H groups in total. The number of sulfonamides is 1. The predicted molar refractivity (Wildman–Crippen MR) is 99.9 cm³/mol. The van der Waals surface area contributed by atoms with Crippen LogP contribution in [-0.2, 0) is 17.1 Å². The smallest absolute Gasteiger partial charge is 0.275 e. The van der Waals surface area contributed by atoms with E-state index in [0.717, 1.165) is 25.7 Å². The lowest BCUT2D eigenvalue weighted by Crippen LogP contribution is -2.51. The molecule has 152 valence electrons. The minimum atomic E-state index is -3.56. The van der Waals surface area contributed by atoms with Gasteiger partial charge in [-0.1, -0.05) is 5.21 Å². The molecular weight excluding hydrogens is 382 g/mol. The summed E-state index contributed by atoms with van der Waals surface area (Å²) in [5.74, 6) is -0.170. The molecule has 28 heavy (non-hydrogen) atoms. The molecule has 1 saturated carbocycles. The summed E-state index contributed by atoms with van der Waals surface area (Å²) in [6.45, 7) is 0.932. The molecule has 1 aliphatic heterocycles. The Kier molecular flexibility index (Phi) is 4.53. The van der Waals surface area contributed by atoms with Crippen molar-refractivity contribution in [2.75, 3.05) is 27.2 Å². The molecular formula is C17H25N7O3S. The second-order valence-corrected chi connectivity index (χ2v) is 9.87. The van der Waals surface area contributed by atoms with Crippen LogP contribution in [0.4, 0.5) is 0 Å². The number of amides is 1. The number of rotatable bonds is 4. The van der Waals surface area contributed by atoms with E-state index in [1.165, 1.54) is 21.7 Å². The van der Waals surface area contributed by atoms with Crippen molar-refractivity contribution in [3.8, 4) is 0 Å². The zero-order valence-electron chi connectivity index (χ0n) is 16.3. The first-order valence-electron chi connectivity index (χ1n) is 9.35. The summed E-state index contributed by atoms with van der Waals surface area (Å²) in [4.78, 5) is 17.6. The summed E-state index contributed by atoms with van der Waals surface area (Å²) >= 11 is 0. The van der Waals surface area contributed by atoms with Crippen LogP contribution in [0.1, 0.15) is 42.2 Å². The Bertz CT molecular complexity index is 986. The Labute approximate surface area is 164 Å². The molecule has 1 aliphatic carbocycles. The number of carbonyl (C=O) groups excluding carboxylic acids is 1. The number of aromatic nitrogens is 5. The van der Waals surface area contributed by atoms with Crippen molar-refractivity contribution in [3.05, 3.63) is 24.4 Å². The van der Waals surface area contributed by atoms with Crippen LogP contribution in [-0.4, -0.2) is 75.3 Å². The van der Waals surface area contributed by atoms with Crippen LogP contribution in [0.2, 0.25) is 0 Å². The van der Waals surface area contributed by atoms with Crippen LogP contribution in [0.5, 0.6) is 0 Å². The summed E-state index contributed by atoms with van der Waals surface area (Å²) in [5.41, 5.74) is 0.352. The summed E-state index contributed by atoms with van der Waals surface area (Å²) in [6, 6.07) is 0.156. The third kappa shape index (κ3) is 3.02. The zero-order valence-corrected chi connectivity index (χ0v) is 17.1. The maximum atomic E-state index is 12.8. The third-order valence-corrected chi connectivity index (χ3v) is 7.87. The molecule has 2 aromatic rings. The summed E-state index contributed by atoms with van der Waals surface area (Å²) < 4.78 is 30.5. The van der Waals surface area contributed by atoms with E-state index in [2.05, 4.69) is 15.3 Å². The van der Waals surface area contributed by atoms with Crippen molar-refractivity contribution >= 4 is 15.9 Å². The lowest BCUT2D eigenvalue weighted by atomic mass is 9.59. The number of piperidine rings is 1. The summed E-state index contributed by atoms with van der Waals surface area (Å²) in [7, 11) is 1.56. The molecule has 3 heterocycles. The molecule has 1 unspecified atom stereocenters. The van der Waals surface area contributed by atoms with Gasteiger partial charge in [0.25, 0.3) is 15.9 Å². The first kappa shape index (κ1) is 19.1. The molecule has 10 nitrogen and oxygen atoms in total. The van der Waals surface area contributed by atoms with Crippen LogP contribution in [0.15, 0.2) is 23.7 Å². The van der Waals surface area contributed by atoms with Gasteiger partial charge in [0.05, 0.1) is 18.6 Å². The van der Waals surface area contributed by atoms with Crippen LogP contribution in [0.3, 0.4) is 0 Å². The van der Waals surface area contributed by atoms with Gasteiger partial charge in [-0.2, -0.15) is 4.31 Å². The number of aryl methyl sites for hydroxylation is 1. The van der Waals surface area contributed by atoms with Crippen molar-refractivity contribution in [1.29, 1.82) is 0 Å². The average Bonchev–Trinajstić information content (AvgIpc) is 3.30. The van der Waals surface area contributed by atoms with Gasteiger partial charge in [0, 0.05) is 40.4 Å². The van der Waals surface area contributed by atoms with Crippen molar-refractivity contribution in [3.63, 3.8) is 0 Å². The van der Waals surface area contributed by atoms with E-state index in [9.17, 15) is 13.2 Å². The molecule has 0 radical (unpaired) electrons. The van der Waals surface area contributed by atoms with Gasteiger partial charge in [0.15, 0.2) is 10.7 Å². The normalized spacial score (nSPS) is 22.2. The topological polar surface area (TPSA) is 106 Å². The van der Waals surface area contributed by atoms with Gasteiger partial charge in [-0.25, -0.2) is 18.1 Å². The van der Waals surface area contributed by atoms with Crippen molar-refractivity contribution in [2.45, 2.75) is 36.8 Å². The van der Waals surface area contributed by atoms with Crippen molar-refractivity contribution < 1.29 is 13.2 Å². The first-order chi connectivity index (χ1) is 13.2. The second kappa shape index (κ2) is 6.66. The van der Waals surface area contributed by atoms with E-state index < -0.39 is 10.0 Å². The Balaban J connectivity index is 1.46. The van der Waals surface area contributed by atoms with Crippen LogP contribution in [0.25, 0.3) is 0 Å². The van der Waals surface area contributed by atoms with Gasteiger partial charge in [-0.3, -0.25) is 4.79 Å². The molecule has 1 saturated heterocycles. The standard InChI is InChI=1S/C17H25N7O3S/c1-21(2)16(25)13-10-24(20-19-13)14-4-5-17(14)6-8-23(9-7-17)28(26,27)15-11-22(3)12-18-15/h10-12,14H,4-9H2,1-3H3. The van der Waals surface area contributed by atoms with E-state index in [4.69, 9.17) is 0 Å². The van der Waals surface area contributed by atoms with E-state index in [1.807, 2.05) is 0 Å². The molecule has 0 aromatic carbocycles.